The van der Waals surface area contributed by atoms with E-state index in [0.717, 1.165) is 17.0 Å². The van der Waals surface area contributed by atoms with Crippen LogP contribution in [0.25, 0.3) is 10.9 Å². The number of H-pyrrole nitrogens is 1. The van der Waals surface area contributed by atoms with Gasteiger partial charge in [-0.25, -0.2) is 4.39 Å². The Morgan fingerprint density at radius 2 is 1.57 bits per heavy atom. The van der Waals surface area contributed by atoms with Gasteiger partial charge in [-0.15, -0.1) is 0 Å². The maximum atomic E-state index is 13.2. The van der Waals surface area contributed by atoms with E-state index in [-0.39, 0.29) is 22.4 Å². The number of aromatic amines is 1. The summed E-state index contributed by atoms with van der Waals surface area (Å²) in [5, 5.41) is 1.56. The van der Waals surface area contributed by atoms with Crippen LogP contribution in [0.1, 0.15) is 20.8 Å². The van der Waals surface area contributed by atoms with Crippen LogP contribution in [-0.4, -0.2) is 52.8 Å². The van der Waals surface area contributed by atoms with E-state index in [1.165, 1.54) is 12.1 Å². The Labute approximate surface area is 170 Å². The first kappa shape index (κ1) is 18.8. The summed E-state index contributed by atoms with van der Waals surface area (Å²) in [4.78, 5) is 31.8. The van der Waals surface area contributed by atoms with Crippen LogP contribution in [0.3, 0.4) is 0 Å². The topological polar surface area (TPSA) is 56.4 Å². The number of aromatic nitrogens is 1. The molecule has 0 spiro atoms. The summed E-state index contributed by atoms with van der Waals surface area (Å²) in [5.74, 6) is -0.881. The van der Waals surface area contributed by atoms with Crippen molar-refractivity contribution in [2.45, 2.75) is 0 Å². The van der Waals surface area contributed by atoms with Gasteiger partial charge in [0.15, 0.2) is 0 Å². The van der Waals surface area contributed by atoms with E-state index >= 15 is 0 Å². The molecule has 2 heterocycles. The average Bonchev–Trinajstić information content (AvgIpc) is 3.10. The molecule has 0 atom stereocenters. The lowest BCUT2D eigenvalue weighted by molar-refractivity contribution is 0.0533. The minimum absolute atomic E-state index is 0.0836. The predicted octanol–water partition coefficient (Wildman–Crippen LogP) is 4.21. The molecule has 1 aliphatic rings. The smallest absolute Gasteiger partial charge is 0.270 e. The van der Waals surface area contributed by atoms with E-state index in [0.29, 0.717) is 36.9 Å². The van der Waals surface area contributed by atoms with Gasteiger partial charge in [-0.05, 0) is 42.5 Å². The van der Waals surface area contributed by atoms with Crippen molar-refractivity contribution in [1.29, 1.82) is 0 Å². The number of nitrogens with one attached hydrogen (secondary N) is 1. The van der Waals surface area contributed by atoms with Gasteiger partial charge in [-0.3, -0.25) is 9.59 Å². The molecule has 1 fully saturated rings. The number of amides is 2. The highest BCUT2D eigenvalue weighted by Crippen LogP contribution is 2.22. The first-order valence-electron chi connectivity index (χ1n) is 8.74. The van der Waals surface area contributed by atoms with E-state index in [1.807, 2.05) is 6.07 Å². The van der Waals surface area contributed by atoms with E-state index < -0.39 is 5.82 Å². The zero-order valence-electron chi connectivity index (χ0n) is 14.7. The molecule has 1 saturated heterocycles. The Hall–Kier alpha value is -2.57. The highest BCUT2D eigenvalue weighted by Gasteiger charge is 2.27. The molecular formula is C20H16Cl2FN3O2. The number of nitrogens with zero attached hydrogens (tertiary/aromatic N) is 2. The molecule has 28 heavy (non-hydrogen) atoms. The lowest BCUT2D eigenvalue weighted by Gasteiger charge is -2.34. The molecule has 1 aliphatic heterocycles. The van der Waals surface area contributed by atoms with Crippen molar-refractivity contribution >= 4 is 45.9 Å². The van der Waals surface area contributed by atoms with Crippen LogP contribution in [-0.2, 0) is 0 Å². The molecule has 5 nitrogen and oxygen atoms in total. The standard InChI is InChI=1S/C20H16Cl2FN3O2/c21-13-1-4-17-12(9-13)10-18(24-17)20(28)26-7-5-25(6-8-26)19(27)15-3-2-14(23)11-16(15)22/h1-4,9-11,24H,5-8H2. The van der Waals surface area contributed by atoms with E-state index in [1.54, 1.807) is 28.0 Å². The summed E-state index contributed by atoms with van der Waals surface area (Å²) in [7, 11) is 0. The number of carbonyl (C=O) groups excluding carboxylic acids is 2. The highest BCUT2D eigenvalue weighted by molar-refractivity contribution is 6.33. The Bertz CT molecular complexity index is 1070. The Morgan fingerprint density at radius 3 is 2.25 bits per heavy atom. The van der Waals surface area contributed by atoms with Gasteiger partial charge in [-0.1, -0.05) is 23.2 Å². The number of rotatable bonds is 2. The van der Waals surface area contributed by atoms with Crippen LogP contribution in [0.15, 0.2) is 42.5 Å². The first-order chi connectivity index (χ1) is 13.4. The van der Waals surface area contributed by atoms with Gasteiger partial charge in [0.25, 0.3) is 11.8 Å². The van der Waals surface area contributed by atoms with Crippen molar-refractivity contribution < 1.29 is 14.0 Å². The molecule has 8 heteroatoms. The van der Waals surface area contributed by atoms with Crippen molar-refractivity contribution in [1.82, 2.24) is 14.8 Å². The van der Waals surface area contributed by atoms with Gasteiger partial charge in [-0.2, -0.15) is 0 Å². The number of halogens is 3. The number of piperazine rings is 1. The number of hydrogen-bond acceptors (Lipinski definition) is 2. The molecule has 3 aromatic rings. The lowest BCUT2D eigenvalue weighted by atomic mass is 10.1. The Morgan fingerprint density at radius 1 is 0.893 bits per heavy atom. The third-order valence-corrected chi connectivity index (χ3v) is 5.38. The van der Waals surface area contributed by atoms with E-state index in [9.17, 15) is 14.0 Å². The van der Waals surface area contributed by atoms with Gasteiger partial charge in [0, 0.05) is 42.1 Å². The molecule has 2 amide bonds. The molecule has 0 radical (unpaired) electrons. The predicted molar refractivity (Wildman–Crippen MR) is 107 cm³/mol. The maximum Gasteiger partial charge on any atom is 0.270 e. The summed E-state index contributed by atoms with van der Waals surface area (Å²) in [6.07, 6.45) is 0. The van der Waals surface area contributed by atoms with Crippen LogP contribution in [0.2, 0.25) is 10.0 Å². The van der Waals surface area contributed by atoms with Crippen molar-refractivity contribution in [3.8, 4) is 0 Å². The lowest BCUT2D eigenvalue weighted by Crippen LogP contribution is -2.50. The van der Waals surface area contributed by atoms with Gasteiger partial charge in [0.2, 0.25) is 0 Å². The molecular weight excluding hydrogens is 404 g/mol. The number of benzene rings is 2. The molecule has 0 unspecified atom stereocenters. The molecule has 0 aliphatic carbocycles. The monoisotopic (exact) mass is 419 g/mol. The summed E-state index contributed by atoms with van der Waals surface area (Å²) < 4.78 is 13.2. The van der Waals surface area contributed by atoms with Gasteiger partial charge in [0.1, 0.15) is 11.5 Å². The second-order valence-corrected chi connectivity index (χ2v) is 7.47. The van der Waals surface area contributed by atoms with Gasteiger partial charge >= 0.3 is 0 Å². The van der Waals surface area contributed by atoms with Crippen LogP contribution in [0, 0.1) is 5.82 Å². The number of fused-ring (bicyclic) bond motifs is 1. The minimum atomic E-state index is -0.489. The van der Waals surface area contributed by atoms with Gasteiger partial charge in [0.05, 0.1) is 10.6 Å². The summed E-state index contributed by atoms with van der Waals surface area (Å²) in [6, 6.07) is 10.9. The fourth-order valence-corrected chi connectivity index (χ4v) is 3.76. The summed E-state index contributed by atoms with van der Waals surface area (Å²) in [5.41, 5.74) is 1.58. The number of carbonyl (C=O) groups is 2. The molecule has 0 bridgehead atoms. The Balaban J connectivity index is 1.44. The van der Waals surface area contributed by atoms with Gasteiger partial charge < -0.3 is 14.8 Å². The highest BCUT2D eigenvalue weighted by atomic mass is 35.5. The van der Waals surface area contributed by atoms with Crippen molar-refractivity contribution in [2.75, 3.05) is 26.2 Å². The maximum absolute atomic E-state index is 13.2. The van der Waals surface area contributed by atoms with Crippen LogP contribution in [0.4, 0.5) is 4.39 Å². The first-order valence-corrected chi connectivity index (χ1v) is 9.50. The molecule has 144 valence electrons. The molecule has 2 aromatic carbocycles. The van der Waals surface area contributed by atoms with E-state index in [2.05, 4.69) is 4.98 Å². The molecule has 4 rings (SSSR count). The largest absolute Gasteiger partial charge is 0.351 e. The summed E-state index contributed by atoms with van der Waals surface area (Å²) in [6.45, 7) is 1.56. The molecule has 0 saturated carbocycles. The summed E-state index contributed by atoms with van der Waals surface area (Å²) >= 11 is 12.0. The van der Waals surface area contributed by atoms with E-state index in [4.69, 9.17) is 23.2 Å². The van der Waals surface area contributed by atoms with Crippen molar-refractivity contribution in [3.05, 3.63) is 69.6 Å². The molecule has 1 N–H and O–H groups in total. The molecule has 1 aromatic heterocycles. The van der Waals surface area contributed by atoms with Crippen LogP contribution in [0.5, 0.6) is 0 Å². The third kappa shape index (κ3) is 3.57. The van der Waals surface area contributed by atoms with Crippen molar-refractivity contribution in [3.63, 3.8) is 0 Å². The number of hydrogen-bond donors (Lipinski definition) is 1. The van der Waals surface area contributed by atoms with Crippen molar-refractivity contribution in [2.24, 2.45) is 0 Å². The average molecular weight is 420 g/mol. The normalized spacial score (nSPS) is 14.5. The van der Waals surface area contributed by atoms with Crippen LogP contribution >= 0.6 is 23.2 Å². The zero-order valence-corrected chi connectivity index (χ0v) is 16.2. The third-order valence-electron chi connectivity index (χ3n) is 4.83. The Kier molecular flexibility index (Phi) is 5.00. The van der Waals surface area contributed by atoms with Crippen LogP contribution < -0.4 is 0 Å². The second kappa shape index (κ2) is 7.45. The fourth-order valence-electron chi connectivity index (χ4n) is 3.33. The minimum Gasteiger partial charge on any atom is -0.351 e. The zero-order chi connectivity index (χ0) is 19.8. The fraction of sp³-hybridized carbons (Fsp3) is 0.200. The SMILES string of the molecule is O=C(c1cc2cc(Cl)ccc2[nH]1)N1CCN(C(=O)c2ccc(F)cc2Cl)CC1. The second-order valence-electron chi connectivity index (χ2n) is 6.62. The quantitative estimate of drug-likeness (QED) is 0.676.